The van der Waals surface area contributed by atoms with Gasteiger partial charge >= 0.3 is 0 Å². The van der Waals surface area contributed by atoms with Gasteiger partial charge in [0.05, 0.1) is 3.42 Å². The number of rotatable bonds is 1. The van der Waals surface area contributed by atoms with Crippen molar-refractivity contribution in [3.63, 3.8) is 0 Å². The van der Waals surface area contributed by atoms with Gasteiger partial charge in [-0.25, -0.2) is 0 Å². The van der Waals surface area contributed by atoms with Crippen LogP contribution >= 0.6 is 22.6 Å². The second-order valence-electron chi connectivity index (χ2n) is 6.26. The number of carbonyl (C=O) groups is 1. The summed E-state index contributed by atoms with van der Waals surface area (Å²) >= 11 is 2.35. The quantitative estimate of drug-likeness (QED) is 0.305. The van der Waals surface area contributed by atoms with E-state index in [0.717, 1.165) is 37.4 Å². The fourth-order valence-corrected chi connectivity index (χ4v) is 4.04. The van der Waals surface area contributed by atoms with Crippen molar-refractivity contribution in [2.75, 3.05) is 0 Å². The van der Waals surface area contributed by atoms with Gasteiger partial charge in [0.15, 0.2) is 0 Å². The predicted molar refractivity (Wildman–Crippen MR) is 75.8 cm³/mol. The van der Waals surface area contributed by atoms with Gasteiger partial charge in [0.25, 0.3) is 0 Å². The Hall–Kier alpha value is 0.140. The van der Waals surface area contributed by atoms with Crippen LogP contribution in [0.15, 0.2) is 12.2 Å². The topological polar surface area (TPSA) is 17.1 Å². The lowest BCUT2D eigenvalue weighted by molar-refractivity contribution is -0.110. The van der Waals surface area contributed by atoms with Crippen molar-refractivity contribution >= 4 is 28.9 Å². The minimum atomic E-state index is -0.128. The van der Waals surface area contributed by atoms with E-state index in [2.05, 4.69) is 43.0 Å². The van der Waals surface area contributed by atoms with Gasteiger partial charge in [0.1, 0.15) is 6.29 Å². The van der Waals surface area contributed by atoms with Crippen LogP contribution in [0.2, 0.25) is 0 Å². The Morgan fingerprint density at radius 3 is 2.69 bits per heavy atom. The fourth-order valence-electron chi connectivity index (χ4n) is 3.46. The van der Waals surface area contributed by atoms with Gasteiger partial charge < -0.3 is 4.79 Å². The SMILES string of the molecule is C=C1CCC(I)(C=O)CC[C@@H]2[C@@H]1CC2(C)C. The zero-order valence-electron chi connectivity index (χ0n) is 10.3. The second-order valence-corrected chi connectivity index (χ2v) is 8.40. The van der Waals surface area contributed by atoms with Crippen LogP contribution in [-0.2, 0) is 4.79 Å². The average Bonchev–Trinajstić information content (AvgIpc) is 2.22. The summed E-state index contributed by atoms with van der Waals surface area (Å²) in [6, 6.07) is 0. The van der Waals surface area contributed by atoms with Crippen molar-refractivity contribution in [2.45, 2.75) is 49.4 Å². The van der Waals surface area contributed by atoms with E-state index in [1.165, 1.54) is 18.4 Å². The summed E-state index contributed by atoms with van der Waals surface area (Å²) in [7, 11) is 0. The van der Waals surface area contributed by atoms with E-state index < -0.39 is 0 Å². The first kappa shape index (κ1) is 12.6. The molecule has 2 aliphatic rings. The lowest BCUT2D eigenvalue weighted by Crippen LogP contribution is -2.46. The highest BCUT2D eigenvalue weighted by Gasteiger charge is 2.49. The molecule has 2 aliphatic carbocycles. The molecule has 0 aromatic rings. The van der Waals surface area contributed by atoms with Crippen molar-refractivity contribution in [1.29, 1.82) is 0 Å². The van der Waals surface area contributed by atoms with Crippen LogP contribution < -0.4 is 0 Å². The largest absolute Gasteiger partial charge is 0.302 e. The van der Waals surface area contributed by atoms with Crippen LogP contribution in [0.3, 0.4) is 0 Å². The molecule has 0 aromatic heterocycles. The molecule has 2 saturated carbocycles. The molecule has 0 spiro atoms. The van der Waals surface area contributed by atoms with E-state index >= 15 is 0 Å². The molecule has 0 bridgehead atoms. The van der Waals surface area contributed by atoms with Gasteiger partial charge in [-0.3, -0.25) is 0 Å². The third kappa shape index (κ3) is 2.09. The molecule has 0 radical (unpaired) electrons. The molecule has 0 aromatic carbocycles. The second kappa shape index (κ2) is 4.11. The zero-order chi connectivity index (χ0) is 12.0. The van der Waals surface area contributed by atoms with Crippen LogP contribution in [0.1, 0.15) is 46.0 Å². The fraction of sp³-hybridized carbons (Fsp3) is 0.786. The number of hydrogen-bond donors (Lipinski definition) is 0. The molecule has 2 heteroatoms. The molecule has 1 nitrogen and oxygen atoms in total. The first-order valence-electron chi connectivity index (χ1n) is 6.21. The summed E-state index contributed by atoms with van der Waals surface area (Å²) in [4.78, 5) is 11.2. The van der Waals surface area contributed by atoms with Crippen molar-refractivity contribution in [2.24, 2.45) is 17.3 Å². The monoisotopic (exact) mass is 332 g/mol. The molecule has 2 rings (SSSR count). The maximum atomic E-state index is 11.2. The van der Waals surface area contributed by atoms with E-state index in [-0.39, 0.29) is 3.42 Å². The molecule has 0 aliphatic heterocycles. The number of allylic oxidation sites excluding steroid dienone is 1. The van der Waals surface area contributed by atoms with Crippen LogP contribution in [-0.4, -0.2) is 9.71 Å². The minimum absolute atomic E-state index is 0.128. The highest BCUT2D eigenvalue weighted by Crippen LogP contribution is 2.58. The summed E-state index contributed by atoms with van der Waals surface area (Å²) in [5.74, 6) is 1.50. The number of alkyl halides is 1. The van der Waals surface area contributed by atoms with E-state index in [1.54, 1.807) is 0 Å². The Morgan fingerprint density at radius 1 is 1.44 bits per heavy atom. The molecule has 16 heavy (non-hydrogen) atoms. The summed E-state index contributed by atoms with van der Waals surface area (Å²) in [6.07, 6.45) is 6.73. The maximum absolute atomic E-state index is 11.2. The molecule has 0 heterocycles. The Balaban J connectivity index is 2.13. The number of fused-ring (bicyclic) bond motifs is 1. The van der Waals surface area contributed by atoms with E-state index in [1.807, 2.05) is 0 Å². The average molecular weight is 332 g/mol. The molecule has 0 amide bonds. The number of aldehydes is 1. The Morgan fingerprint density at radius 2 is 2.12 bits per heavy atom. The third-order valence-electron chi connectivity index (χ3n) is 4.70. The molecular formula is C14H21IO. The maximum Gasteiger partial charge on any atom is 0.135 e. The van der Waals surface area contributed by atoms with E-state index in [0.29, 0.717) is 5.41 Å². The molecular weight excluding hydrogens is 311 g/mol. The zero-order valence-corrected chi connectivity index (χ0v) is 12.4. The lowest BCUT2D eigenvalue weighted by Gasteiger charge is -2.54. The molecule has 90 valence electrons. The van der Waals surface area contributed by atoms with Gasteiger partial charge in [0, 0.05) is 0 Å². The van der Waals surface area contributed by atoms with Crippen molar-refractivity contribution < 1.29 is 4.79 Å². The van der Waals surface area contributed by atoms with Crippen molar-refractivity contribution in [1.82, 2.24) is 0 Å². The van der Waals surface area contributed by atoms with E-state index in [4.69, 9.17) is 0 Å². The number of halogens is 1. The third-order valence-corrected chi connectivity index (χ3v) is 6.04. The molecule has 3 atom stereocenters. The van der Waals surface area contributed by atoms with Gasteiger partial charge in [-0.1, -0.05) is 48.6 Å². The summed E-state index contributed by atoms with van der Waals surface area (Å²) in [5, 5.41) is 0. The van der Waals surface area contributed by atoms with Crippen LogP contribution in [0.5, 0.6) is 0 Å². The van der Waals surface area contributed by atoms with Gasteiger partial charge in [-0.15, -0.1) is 0 Å². The van der Waals surface area contributed by atoms with Crippen molar-refractivity contribution in [3.05, 3.63) is 12.2 Å². The van der Waals surface area contributed by atoms with Crippen LogP contribution in [0, 0.1) is 17.3 Å². The Kier molecular flexibility index (Phi) is 3.23. The molecule has 2 fully saturated rings. The number of hydrogen-bond acceptors (Lipinski definition) is 1. The molecule has 1 unspecified atom stereocenters. The normalized spacial score (nSPS) is 42.6. The highest BCUT2D eigenvalue weighted by atomic mass is 127. The predicted octanol–water partition coefficient (Wildman–Crippen LogP) is 4.15. The smallest absolute Gasteiger partial charge is 0.135 e. The first-order chi connectivity index (χ1) is 7.38. The Bertz CT molecular complexity index is 321. The number of carbonyl (C=O) groups excluding carboxylic acids is 1. The summed E-state index contributed by atoms with van der Waals surface area (Å²) in [5.41, 5.74) is 1.86. The summed E-state index contributed by atoms with van der Waals surface area (Å²) < 4.78 is -0.128. The van der Waals surface area contributed by atoms with Gasteiger partial charge in [-0.05, 0) is 49.4 Å². The van der Waals surface area contributed by atoms with E-state index in [9.17, 15) is 4.79 Å². The lowest BCUT2D eigenvalue weighted by atomic mass is 9.51. The standard InChI is InChI=1S/C14H21IO/c1-10-4-6-14(15,9-16)7-5-12-11(10)8-13(12,2)3/h9,11-12H,1,4-8H2,2-3H3/t11-,12-,14?/m1/s1. The highest BCUT2D eigenvalue weighted by molar-refractivity contribution is 14.1. The van der Waals surface area contributed by atoms with Gasteiger partial charge in [0.2, 0.25) is 0 Å². The van der Waals surface area contributed by atoms with Crippen LogP contribution in [0.4, 0.5) is 0 Å². The van der Waals surface area contributed by atoms with Crippen LogP contribution in [0.25, 0.3) is 0 Å². The molecule has 0 saturated heterocycles. The van der Waals surface area contributed by atoms with Gasteiger partial charge in [-0.2, -0.15) is 0 Å². The van der Waals surface area contributed by atoms with Crippen molar-refractivity contribution in [3.8, 4) is 0 Å². The first-order valence-corrected chi connectivity index (χ1v) is 7.29. The molecule has 0 N–H and O–H groups in total. The summed E-state index contributed by atoms with van der Waals surface area (Å²) in [6.45, 7) is 8.96. The Labute approximate surface area is 112 Å². The minimum Gasteiger partial charge on any atom is -0.302 e.